The van der Waals surface area contributed by atoms with Gasteiger partial charge in [-0.1, -0.05) is 35.5 Å². The molecule has 1 aliphatic heterocycles. The highest BCUT2D eigenvalue weighted by molar-refractivity contribution is 5.72. The Bertz CT molecular complexity index is 737. The normalized spacial score (nSPS) is 21.4. The Morgan fingerprint density at radius 2 is 2.08 bits per heavy atom. The molecule has 1 aliphatic rings. The van der Waals surface area contributed by atoms with Crippen LogP contribution in [0.2, 0.25) is 0 Å². The van der Waals surface area contributed by atoms with E-state index in [1.165, 1.54) is 0 Å². The molecule has 1 saturated heterocycles. The Hall–Kier alpha value is -2.47. The Balaban J connectivity index is 1.92. The van der Waals surface area contributed by atoms with E-state index in [1.54, 1.807) is 6.08 Å². The van der Waals surface area contributed by atoms with Crippen molar-refractivity contribution in [1.82, 2.24) is 15.0 Å². The first-order valence-corrected chi connectivity index (χ1v) is 8.11. The third-order valence-electron chi connectivity index (χ3n) is 3.93. The van der Waals surface area contributed by atoms with Crippen molar-refractivity contribution in [2.24, 2.45) is 0 Å². The van der Waals surface area contributed by atoms with Crippen molar-refractivity contribution in [2.75, 3.05) is 0 Å². The molecule has 1 aromatic heterocycles. The number of rotatable bonds is 4. The molecule has 1 N–H and O–H groups in total. The lowest BCUT2D eigenvalue weighted by molar-refractivity contribution is -0.156. The number of esters is 1. The number of aliphatic hydroxyl groups excluding tert-OH is 1. The number of aliphatic hydroxyl groups is 1. The van der Waals surface area contributed by atoms with Crippen molar-refractivity contribution in [3.63, 3.8) is 0 Å². The first kappa shape index (κ1) is 16.4. The van der Waals surface area contributed by atoms with Crippen molar-refractivity contribution in [1.29, 1.82) is 0 Å². The summed E-state index contributed by atoms with van der Waals surface area (Å²) in [5, 5.41) is 18.3. The maximum atomic E-state index is 11.5. The quantitative estimate of drug-likeness (QED) is 0.874. The molecule has 0 bridgehead atoms. The van der Waals surface area contributed by atoms with Gasteiger partial charge >= 0.3 is 5.97 Å². The first-order chi connectivity index (χ1) is 11.5. The van der Waals surface area contributed by atoms with Crippen LogP contribution in [0.3, 0.4) is 0 Å². The number of aromatic nitrogens is 3. The van der Waals surface area contributed by atoms with Gasteiger partial charge in [0.15, 0.2) is 0 Å². The summed E-state index contributed by atoms with van der Waals surface area (Å²) >= 11 is 0. The van der Waals surface area contributed by atoms with Crippen LogP contribution in [0.4, 0.5) is 0 Å². The lowest BCUT2D eigenvalue weighted by Crippen LogP contribution is -2.31. The van der Waals surface area contributed by atoms with E-state index in [1.807, 2.05) is 54.9 Å². The monoisotopic (exact) mass is 327 g/mol. The molecule has 0 aliphatic carbocycles. The predicted molar refractivity (Wildman–Crippen MR) is 90.0 cm³/mol. The molecular formula is C18H21N3O3. The summed E-state index contributed by atoms with van der Waals surface area (Å²) < 4.78 is 7.10. The molecular weight excluding hydrogens is 306 g/mol. The van der Waals surface area contributed by atoms with Crippen LogP contribution in [-0.2, 0) is 9.53 Å². The van der Waals surface area contributed by atoms with Gasteiger partial charge in [-0.2, -0.15) is 0 Å². The minimum atomic E-state index is -0.650. The second-order valence-electron chi connectivity index (χ2n) is 6.21. The molecule has 2 unspecified atom stereocenters. The van der Waals surface area contributed by atoms with Crippen molar-refractivity contribution < 1.29 is 14.6 Å². The minimum Gasteiger partial charge on any atom is -0.458 e. The molecule has 0 spiro atoms. The lowest BCUT2D eigenvalue weighted by Gasteiger charge is -2.23. The SMILES string of the molecule is CC(C)n1nnc(-c2ccccc2)c1C=CC1CC(O)CC(=O)O1. The fraction of sp³-hybridized carbons (Fsp3) is 0.389. The summed E-state index contributed by atoms with van der Waals surface area (Å²) in [5.41, 5.74) is 2.61. The van der Waals surface area contributed by atoms with Crippen molar-refractivity contribution in [3.05, 3.63) is 42.1 Å². The van der Waals surface area contributed by atoms with Crippen molar-refractivity contribution in [2.45, 2.75) is 44.9 Å². The van der Waals surface area contributed by atoms with Gasteiger partial charge in [-0.15, -0.1) is 5.10 Å². The number of hydrogen-bond acceptors (Lipinski definition) is 5. The highest BCUT2D eigenvalue weighted by atomic mass is 16.5. The average molecular weight is 327 g/mol. The van der Waals surface area contributed by atoms with E-state index in [0.717, 1.165) is 17.0 Å². The van der Waals surface area contributed by atoms with Crippen molar-refractivity contribution >= 4 is 12.0 Å². The van der Waals surface area contributed by atoms with Gasteiger partial charge in [-0.3, -0.25) is 4.79 Å². The zero-order valence-corrected chi connectivity index (χ0v) is 13.8. The Morgan fingerprint density at radius 3 is 2.75 bits per heavy atom. The van der Waals surface area contributed by atoms with Crippen LogP contribution in [0.25, 0.3) is 17.3 Å². The van der Waals surface area contributed by atoms with Crippen LogP contribution in [0.1, 0.15) is 38.4 Å². The smallest absolute Gasteiger partial charge is 0.309 e. The number of carbonyl (C=O) groups is 1. The van der Waals surface area contributed by atoms with E-state index in [0.29, 0.717) is 6.42 Å². The van der Waals surface area contributed by atoms with Gasteiger partial charge in [0, 0.05) is 18.0 Å². The molecule has 0 saturated carbocycles. The number of carbonyl (C=O) groups excluding carboxylic acids is 1. The maximum Gasteiger partial charge on any atom is 0.309 e. The average Bonchev–Trinajstić information content (AvgIpc) is 2.97. The second-order valence-corrected chi connectivity index (χ2v) is 6.21. The standard InChI is InChI=1S/C18H21N3O3/c1-12(2)21-16(9-8-15-10-14(22)11-17(23)24-15)18(19-20-21)13-6-4-3-5-7-13/h3-9,12,14-15,22H,10-11H2,1-2H3. The molecule has 3 rings (SSSR count). The second kappa shape index (κ2) is 6.97. The molecule has 6 nitrogen and oxygen atoms in total. The van der Waals surface area contributed by atoms with E-state index < -0.39 is 12.2 Å². The van der Waals surface area contributed by atoms with E-state index in [2.05, 4.69) is 10.3 Å². The molecule has 2 aromatic rings. The topological polar surface area (TPSA) is 77.2 Å². The molecule has 1 aromatic carbocycles. The Morgan fingerprint density at radius 1 is 1.33 bits per heavy atom. The van der Waals surface area contributed by atoms with E-state index in [4.69, 9.17) is 4.74 Å². The van der Waals surface area contributed by atoms with Gasteiger partial charge in [0.05, 0.1) is 18.2 Å². The summed E-state index contributed by atoms with van der Waals surface area (Å²) in [6, 6.07) is 9.98. The first-order valence-electron chi connectivity index (χ1n) is 8.11. The molecule has 2 atom stereocenters. The van der Waals surface area contributed by atoms with Crippen LogP contribution >= 0.6 is 0 Å². The number of ether oxygens (including phenoxy) is 1. The van der Waals surface area contributed by atoms with Crippen LogP contribution < -0.4 is 0 Å². The number of cyclic esters (lactones) is 1. The summed E-state index contributed by atoms with van der Waals surface area (Å²) in [5.74, 6) is -0.373. The van der Waals surface area contributed by atoms with E-state index in [9.17, 15) is 9.90 Å². The predicted octanol–water partition coefficient (Wildman–Crippen LogP) is 2.61. The number of nitrogens with zero attached hydrogens (tertiary/aromatic N) is 3. The van der Waals surface area contributed by atoms with Gasteiger partial charge in [0.2, 0.25) is 0 Å². The zero-order chi connectivity index (χ0) is 17.1. The molecule has 6 heteroatoms. The summed E-state index contributed by atoms with van der Waals surface area (Å²) in [7, 11) is 0. The van der Waals surface area contributed by atoms with Gasteiger partial charge in [-0.25, -0.2) is 4.68 Å². The largest absolute Gasteiger partial charge is 0.458 e. The summed E-state index contributed by atoms with van der Waals surface area (Å²) in [6.45, 7) is 4.07. The van der Waals surface area contributed by atoms with Gasteiger partial charge < -0.3 is 9.84 Å². The zero-order valence-electron chi connectivity index (χ0n) is 13.8. The number of benzene rings is 1. The van der Waals surface area contributed by atoms with Crippen LogP contribution in [0.15, 0.2) is 36.4 Å². The molecule has 1 fully saturated rings. The molecule has 126 valence electrons. The fourth-order valence-electron chi connectivity index (χ4n) is 2.76. The summed E-state index contributed by atoms with van der Waals surface area (Å²) in [4.78, 5) is 11.5. The molecule has 2 heterocycles. The Kier molecular flexibility index (Phi) is 4.76. The van der Waals surface area contributed by atoms with Crippen LogP contribution in [0, 0.1) is 0 Å². The van der Waals surface area contributed by atoms with E-state index in [-0.39, 0.29) is 18.4 Å². The summed E-state index contributed by atoms with van der Waals surface area (Å²) in [6.07, 6.45) is 3.06. The molecule has 24 heavy (non-hydrogen) atoms. The molecule has 0 amide bonds. The van der Waals surface area contributed by atoms with Crippen molar-refractivity contribution in [3.8, 4) is 11.3 Å². The van der Waals surface area contributed by atoms with Gasteiger partial charge in [0.25, 0.3) is 0 Å². The molecule has 0 radical (unpaired) electrons. The van der Waals surface area contributed by atoms with Gasteiger partial charge in [-0.05, 0) is 26.0 Å². The third-order valence-corrected chi connectivity index (χ3v) is 3.93. The number of hydrogen-bond donors (Lipinski definition) is 1. The Labute approximate surface area is 140 Å². The van der Waals surface area contributed by atoms with Gasteiger partial charge in [0.1, 0.15) is 11.8 Å². The highest BCUT2D eigenvalue weighted by Gasteiger charge is 2.25. The fourth-order valence-corrected chi connectivity index (χ4v) is 2.76. The maximum absolute atomic E-state index is 11.5. The van der Waals surface area contributed by atoms with Crippen LogP contribution in [-0.4, -0.2) is 38.3 Å². The van der Waals surface area contributed by atoms with Crippen LogP contribution in [0.5, 0.6) is 0 Å². The third kappa shape index (κ3) is 3.54. The lowest BCUT2D eigenvalue weighted by atomic mass is 10.0. The minimum absolute atomic E-state index is 0.0606. The highest BCUT2D eigenvalue weighted by Crippen LogP contribution is 2.25. The van der Waals surface area contributed by atoms with E-state index >= 15 is 0 Å².